The van der Waals surface area contributed by atoms with E-state index in [0.29, 0.717) is 33.6 Å². The van der Waals surface area contributed by atoms with Crippen molar-refractivity contribution < 1.29 is 13.2 Å². The van der Waals surface area contributed by atoms with Crippen molar-refractivity contribution in [1.82, 2.24) is 9.97 Å². The Bertz CT molecular complexity index is 1060. The van der Waals surface area contributed by atoms with Crippen LogP contribution in [0.5, 0.6) is 0 Å². The summed E-state index contributed by atoms with van der Waals surface area (Å²) in [6, 6.07) is 10.5. The van der Waals surface area contributed by atoms with Gasteiger partial charge in [0.15, 0.2) is 5.58 Å². The zero-order valence-corrected chi connectivity index (χ0v) is 12.8. The molecule has 4 rings (SSSR count). The Morgan fingerprint density at radius 1 is 0.960 bits per heavy atom. The molecule has 0 radical (unpaired) electrons. The Balaban J connectivity index is 1.83. The first-order chi connectivity index (χ1) is 12.1. The van der Waals surface area contributed by atoms with Crippen LogP contribution in [0.15, 0.2) is 59.3 Å². The molecule has 0 amide bonds. The molecule has 25 heavy (non-hydrogen) atoms. The maximum atomic E-state index is 13.4. The maximum absolute atomic E-state index is 13.4. The fraction of sp³-hybridized carbons (Fsp3) is 0. The van der Waals surface area contributed by atoms with E-state index in [1.54, 1.807) is 30.5 Å². The molecule has 5 nitrogen and oxygen atoms in total. The molecular formula is C18H12F2N4O. The second kappa shape index (κ2) is 5.86. The molecule has 0 aliphatic heterocycles. The molecule has 0 aliphatic carbocycles. The number of rotatable bonds is 3. The van der Waals surface area contributed by atoms with Crippen LogP contribution in [0.4, 0.5) is 26.0 Å². The molecule has 124 valence electrons. The first-order valence-electron chi connectivity index (χ1n) is 7.43. The summed E-state index contributed by atoms with van der Waals surface area (Å²) in [4.78, 5) is 7.81. The lowest BCUT2D eigenvalue weighted by Gasteiger charge is -2.05. The quantitative estimate of drug-likeness (QED) is 0.538. The number of furan rings is 1. The van der Waals surface area contributed by atoms with Gasteiger partial charge >= 0.3 is 0 Å². The number of pyridine rings is 2. The highest BCUT2D eigenvalue weighted by atomic mass is 19.1. The van der Waals surface area contributed by atoms with E-state index in [9.17, 15) is 8.78 Å². The highest BCUT2D eigenvalue weighted by Gasteiger charge is 2.17. The molecule has 0 fully saturated rings. The minimum atomic E-state index is -0.611. The average molecular weight is 338 g/mol. The normalized spacial score (nSPS) is 11.0. The van der Waals surface area contributed by atoms with Crippen molar-refractivity contribution in [3.8, 4) is 11.3 Å². The zero-order valence-electron chi connectivity index (χ0n) is 12.8. The first-order valence-corrected chi connectivity index (χ1v) is 7.43. The lowest BCUT2D eigenvalue weighted by Crippen LogP contribution is -1.93. The molecule has 1 aromatic carbocycles. The number of benzene rings is 1. The molecule has 3 N–H and O–H groups in total. The highest BCUT2D eigenvalue weighted by Crippen LogP contribution is 2.38. The molecule has 7 heteroatoms. The van der Waals surface area contributed by atoms with Crippen LogP contribution in [0, 0.1) is 11.8 Å². The number of nitrogen functional groups attached to an aromatic ring is 1. The lowest BCUT2D eigenvalue weighted by molar-refractivity contribution is 0.584. The van der Waals surface area contributed by atoms with Crippen molar-refractivity contribution in [3.63, 3.8) is 0 Å². The number of aromatic nitrogens is 2. The van der Waals surface area contributed by atoms with Crippen molar-refractivity contribution in [2.75, 3.05) is 11.1 Å². The highest BCUT2D eigenvalue weighted by molar-refractivity contribution is 6.03. The van der Waals surface area contributed by atoms with Crippen LogP contribution in [-0.2, 0) is 0 Å². The summed E-state index contributed by atoms with van der Waals surface area (Å²) in [5.41, 5.74) is 8.60. The van der Waals surface area contributed by atoms with E-state index in [-0.39, 0.29) is 11.7 Å². The molecule has 0 saturated heterocycles. The largest absolute Gasteiger partial charge is 0.436 e. The van der Waals surface area contributed by atoms with Crippen molar-refractivity contribution in [2.45, 2.75) is 0 Å². The van der Waals surface area contributed by atoms with Gasteiger partial charge in [0.1, 0.15) is 17.2 Å². The van der Waals surface area contributed by atoms with E-state index in [1.165, 1.54) is 24.4 Å². The molecule has 0 spiro atoms. The lowest BCUT2D eigenvalue weighted by atomic mass is 10.1. The second-order valence-electron chi connectivity index (χ2n) is 5.38. The van der Waals surface area contributed by atoms with Crippen molar-refractivity contribution in [1.29, 1.82) is 0 Å². The fourth-order valence-corrected chi connectivity index (χ4v) is 2.60. The molecule has 3 heterocycles. The fourth-order valence-electron chi connectivity index (χ4n) is 2.60. The van der Waals surface area contributed by atoms with Crippen LogP contribution in [0.1, 0.15) is 0 Å². The van der Waals surface area contributed by atoms with Crippen molar-refractivity contribution in [2.24, 2.45) is 0 Å². The third-order valence-corrected chi connectivity index (χ3v) is 3.75. The van der Waals surface area contributed by atoms with E-state index in [4.69, 9.17) is 10.2 Å². The number of nitrogens with two attached hydrogens (primary N) is 1. The number of anilines is 3. The standard InChI is InChI=1S/C18H12F2N4O/c19-11-1-3-12(4-2-11)24-16-13-6-8-23-15(17(13)25-18(16)21)10-5-7-22-14(20)9-10/h1-9,24H,21H2. The Kier molecular flexibility index (Phi) is 3.53. The second-order valence-corrected chi connectivity index (χ2v) is 5.38. The van der Waals surface area contributed by atoms with E-state index in [2.05, 4.69) is 15.3 Å². The summed E-state index contributed by atoms with van der Waals surface area (Å²) >= 11 is 0. The van der Waals surface area contributed by atoms with Gasteiger partial charge < -0.3 is 15.5 Å². The molecule has 0 saturated carbocycles. The molecule has 0 aliphatic rings. The van der Waals surface area contributed by atoms with Crippen molar-refractivity contribution in [3.05, 3.63) is 66.6 Å². The maximum Gasteiger partial charge on any atom is 0.215 e. The number of nitrogens with zero attached hydrogens (tertiary/aromatic N) is 2. The third-order valence-electron chi connectivity index (χ3n) is 3.75. The molecule has 3 aromatic heterocycles. The SMILES string of the molecule is Nc1oc2c(-c3ccnc(F)c3)nccc2c1Nc1ccc(F)cc1. The molecule has 0 unspecified atom stereocenters. The molecule has 4 aromatic rings. The minimum Gasteiger partial charge on any atom is -0.436 e. The monoisotopic (exact) mass is 338 g/mol. The average Bonchev–Trinajstić information content (AvgIpc) is 2.92. The van der Waals surface area contributed by atoms with Gasteiger partial charge in [-0.05, 0) is 36.4 Å². The van der Waals surface area contributed by atoms with Crippen LogP contribution >= 0.6 is 0 Å². The van der Waals surface area contributed by atoms with Gasteiger partial charge in [-0.2, -0.15) is 4.39 Å². The van der Waals surface area contributed by atoms with E-state index < -0.39 is 5.95 Å². The van der Waals surface area contributed by atoms with Crippen LogP contribution < -0.4 is 11.1 Å². The summed E-state index contributed by atoms with van der Waals surface area (Å²) in [6.07, 6.45) is 2.94. The van der Waals surface area contributed by atoms with Gasteiger partial charge in [-0.3, -0.25) is 4.98 Å². The van der Waals surface area contributed by atoms with Gasteiger partial charge in [0.05, 0.1) is 5.39 Å². The summed E-state index contributed by atoms with van der Waals surface area (Å²) in [6.45, 7) is 0. The van der Waals surface area contributed by atoms with E-state index in [1.807, 2.05) is 0 Å². The Hall–Kier alpha value is -3.48. The molecular weight excluding hydrogens is 326 g/mol. The predicted octanol–water partition coefficient (Wildman–Crippen LogP) is 4.49. The smallest absolute Gasteiger partial charge is 0.215 e. The van der Waals surface area contributed by atoms with E-state index >= 15 is 0 Å². The number of hydrogen-bond acceptors (Lipinski definition) is 5. The summed E-state index contributed by atoms with van der Waals surface area (Å²) in [7, 11) is 0. The number of fused-ring (bicyclic) bond motifs is 1. The third kappa shape index (κ3) is 2.76. The number of nitrogens with one attached hydrogen (secondary N) is 1. The van der Waals surface area contributed by atoms with Gasteiger partial charge in [0.25, 0.3) is 0 Å². The Morgan fingerprint density at radius 3 is 2.48 bits per heavy atom. The van der Waals surface area contributed by atoms with Gasteiger partial charge in [-0.25, -0.2) is 9.37 Å². The van der Waals surface area contributed by atoms with Crippen LogP contribution in [0.2, 0.25) is 0 Å². The first kappa shape index (κ1) is 15.1. The van der Waals surface area contributed by atoms with Crippen molar-refractivity contribution >= 4 is 28.2 Å². The Morgan fingerprint density at radius 2 is 1.72 bits per heavy atom. The topological polar surface area (TPSA) is 77.0 Å². The predicted molar refractivity (Wildman–Crippen MR) is 91.3 cm³/mol. The van der Waals surface area contributed by atoms with Gasteiger partial charge in [0, 0.05) is 29.7 Å². The van der Waals surface area contributed by atoms with Gasteiger partial charge in [-0.15, -0.1) is 0 Å². The minimum absolute atomic E-state index is 0.156. The number of halogens is 2. The van der Waals surface area contributed by atoms with Gasteiger partial charge in [-0.1, -0.05) is 0 Å². The summed E-state index contributed by atoms with van der Waals surface area (Å²) in [5.74, 6) is -0.787. The summed E-state index contributed by atoms with van der Waals surface area (Å²) in [5, 5.41) is 3.80. The van der Waals surface area contributed by atoms with E-state index in [0.717, 1.165) is 0 Å². The number of hydrogen-bond donors (Lipinski definition) is 2. The van der Waals surface area contributed by atoms with Crippen LogP contribution in [0.25, 0.3) is 22.2 Å². The van der Waals surface area contributed by atoms with Crippen LogP contribution in [0.3, 0.4) is 0 Å². The van der Waals surface area contributed by atoms with Gasteiger partial charge in [0.2, 0.25) is 11.8 Å². The summed E-state index contributed by atoms with van der Waals surface area (Å²) < 4.78 is 32.1. The molecule has 0 atom stereocenters. The Labute approximate surface area is 141 Å². The van der Waals surface area contributed by atoms with Crippen LogP contribution in [-0.4, -0.2) is 9.97 Å². The molecule has 0 bridgehead atoms. The zero-order chi connectivity index (χ0) is 17.4.